The zero-order chi connectivity index (χ0) is 38.8. The Hall–Kier alpha value is -4.87. The molecule has 2 aromatic heterocycles. The third-order valence-corrected chi connectivity index (χ3v) is 10.8. The fourth-order valence-electron chi connectivity index (χ4n) is 6.85. The molecule has 1 aliphatic heterocycles. The number of hydrogen-bond donors (Lipinski definition) is 2. The lowest BCUT2D eigenvalue weighted by Crippen LogP contribution is -2.57. The van der Waals surface area contributed by atoms with Crippen LogP contribution < -0.4 is 11.1 Å². The number of ether oxygens (including phenoxy) is 1. The van der Waals surface area contributed by atoms with Gasteiger partial charge in [0, 0.05) is 12.0 Å². The number of halogens is 6. The first kappa shape index (κ1) is 37.4. The fourth-order valence-corrected chi connectivity index (χ4v) is 7.05. The number of guanidine groups is 1. The smallest absolute Gasteiger partial charge is 0.407 e. The van der Waals surface area contributed by atoms with E-state index in [-0.39, 0.29) is 41.4 Å². The van der Waals surface area contributed by atoms with E-state index >= 15 is 4.79 Å². The lowest BCUT2D eigenvalue weighted by atomic mass is 9.60. The summed E-state index contributed by atoms with van der Waals surface area (Å²) >= 11 is 6.45. The minimum atomic E-state index is -4.74. The first-order valence-electron chi connectivity index (χ1n) is 17.4. The number of nitrogens with two attached hydrogens (primary N) is 1. The molecule has 3 N–H and O–H groups in total. The van der Waals surface area contributed by atoms with E-state index in [1.807, 2.05) is 0 Å². The van der Waals surface area contributed by atoms with Crippen molar-refractivity contribution in [3.8, 4) is 5.69 Å². The SMILES string of the molecule is CC(C)(C[C@]1(C2(C)C=CC(c3cnn(C4CC4)n3)=CC2)N=C(N)N([C@H](CNC(=O)OC2CC2)c2ccc(Cl)c(-n3ncnc3C(F)F)c2)C1=O)C(F)(F)F. The van der Waals surface area contributed by atoms with E-state index in [9.17, 15) is 26.7 Å². The van der Waals surface area contributed by atoms with Gasteiger partial charge in [0.15, 0.2) is 17.3 Å². The van der Waals surface area contributed by atoms with E-state index < -0.39 is 65.2 Å². The van der Waals surface area contributed by atoms with Crippen LogP contribution in [-0.2, 0) is 9.53 Å². The summed E-state index contributed by atoms with van der Waals surface area (Å²) < 4.78 is 78.0. The van der Waals surface area contributed by atoms with Crippen LogP contribution in [0, 0.1) is 10.8 Å². The van der Waals surface area contributed by atoms with E-state index in [1.54, 1.807) is 36.1 Å². The molecule has 1 unspecified atom stereocenters. The van der Waals surface area contributed by atoms with Crippen LogP contribution in [0.15, 0.2) is 53.9 Å². The van der Waals surface area contributed by atoms with Crippen molar-refractivity contribution in [3.63, 3.8) is 0 Å². The number of allylic oxidation sites excluding steroid dienone is 3. The van der Waals surface area contributed by atoms with Crippen LogP contribution in [0.3, 0.4) is 0 Å². The second-order valence-corrected chi connectivity index (χ2v) is 15.4. The Labute approximate surface area is 311 Å². The van der Waals surface area contributed by atoms with Gasteiger partial charge in [0.1, 0.15) is 18.1 Å². The molecule has 13 nitrogen and oxygen atoms in total. The molecule has 3 aromatic rings. The van der Waals surface area contributed by atoms with Gasteiger partial charge < -0.3 is 15.8 Å². The lowest BCUT2D eigenvalue weighted by molar-refractivity contribution is -0.220. The van der Waals surface area contributed by atoms with E-state index in [0.717, 1.165) is 42.6 Å². The minimum Gasteiger partial charge on any atom is -0.446 e. The van der Waals surface area contributed by atoms with Gasteiger partial charge in [0.05, 0.1) is 34.4 Å². The highest BCUT2D eigenvalue weighted by atomic mass is 35.5. The molecule has 7 rings (SSSR count). The van der Waals surface area contributed by atoms with E-state index in [2.05, 4.69) is 30.6 Å². The number of aliphatic imine (C=N–C) groups is 1. The maximum absolute atomic E-state index is 15.1. The summed E-state index contributed by atoms with van der Waals surface area (Å²) in [6.07, 6.45) is 1.51. The Morgan fingerprint density at radius 3 is 2.54 bits per heavy atom. The molecule has 0 radical (unpaired) electrons. The minimum absolute atomic E-state index is 0.00118. The van der Waals surface area contributed by atoms with Crippen molar-refractivity contribution >= 4 is 35.1 Å². The maximum Gasteiger partial charge on any atom is 0.407 e. The van der Waals surface area contributed by atoms with Crippen LogP contribution in [-0.4, -0.2) is 77.0 Å². The third-order valence-electron chi connectivity index (χ3n) is 10.5. The zero-order valence-corrected chi connectivity index (χ0v) is 30.3. The molecule has 2 saturated carbocycles. The number of alkyl halides is 5. The summed E-state index contributed by atoms with van der Waals surface area (Å²) in [5, 5.41) is 15.4. The van der Waals surface area contributed by atoms with Crippen molar-refractivity contribution in [2.75, 3.05) is 6.54 Å². The van der Waals surface area contributed by atoms with Crippen molar-refractivity contribution in [1.82, 2.24) is 40.0 Å². The molecule has 54 heavy (non-hydrogen) atoms. The Balaban J connectivity index is 1.29. The molecule has 3 heterocycles. The number of nitrogens with one attached hydrogen (secondary N) is 1. The molecule has 2 amide bonds. The average molecular weight is 777 g/mol. The van der Waals surface area contributed by atoms with Crippen molar-refractivity contribution in [3.05, 3.63) is 71.1 Å². The quantitative estimate of drug-likeness (QED) is 0.194. The highest BCUT2D eigenvalue weighted by Gasteiger charge is 2.64. The average Bonchev–Trinajstić information content (AvgIpc) is 3.99. The third kappa shape index (κ3) is 6.84. The van der Waals surface area contributed by atoms with Gasteiger partial charge in [-0.2, -0.15) is 33.3 Å². The first-order chi connectivity index (χ1) is 25.4. The van der Waals surface area contributed by atoms with Crippen molar-refractivity contribution in [2.24, 2.45) is 21.6 Å². The molecule has 0 spiro atoms. The molecule has 3 atom stereocenters. The molecule has 288 valence electrons. The van der Waals surface area contributed by atoms with Gasteiger partial charge >= 0.3 is 12.3 Å². The van der Waals surface area contributed by atoms with E-state index in [1.165, 1.54) is 18.2 Å². The molecule has 4 aliphatic rings. The summed E-state index contributed by atoms with van der Waals surface area (Å²) in [7, 11) is 0. The number of hydrogen-bond acceptors (Lipinski definition) is 9. The van der Waals surface area contributed by atoms with Gasteiger partial charge in [-0.15, -0.1) is 0 Å². The predicted octanol–water partition coefficient (Wildman–Crippen LogP) is 6.64. The molecule has 0 bridgehead atoms. The number of aromatic nitrogens is 6. The molecular formula is C35H38ClF5N10O3. The van der Waals surface area contributed by atoms with Gasteiger partial charge in [-0.1, -0.05) is 56.7 Å². The molecule has 3 aliphatic carbocycles. The Morgan fingerprint density at radius 2 is 1.91 bits per heavy atom. The monoisotopic (exact) mass is 776 g/mol. The van der Waals surface area contributed by atoms with E-state index in [4.69, 9.17) is 22.1 Å². The summed E-state index contributed by atoms with van der Waals surface area (Å²) in [6.45, 7) is 3.31. The first-order valence-corrected chi connectivity index (χ1v) is 17.8. The number of carbonyl (C=O) groups is 2. The van der Waals surface area contributed by atoms with Crippen molar-refractivity contribution in [2.45, 2.75) is 95.6 Å². The molecular weight excluding hydrogens is 739 g/mol. The largest absolute Gasteiger partial charge is 0.446 e. The summed E-state index contributed by atoms with van der Waals surface area (Å²) in [6, 6.07) is 3.24. The van der Waals surface area contributed by atoms with Crippen LogP contribution in [0.2, 0.25) is 5.02 Å². The van der Waals surface area contributed by atoms with Gasteiger partial charge in [-0.3, -0.25) is 9.69 Å². The molecule has 2 fully saturated rings. The van der Waals surface area contributed by atoms with Gasteiger partial charge in [0.25, 0.3) is 12.3 Å². The standard InChI is InChI=1S/C35H38ClF5N10O3/c1-32(2,35(39,40)41)17-34(33(3)12-10-19(11-13-33)24-15-45-51(48-24)21-5-6-21)29(52)49(30(42)47-34)26(16-43-31(53)54-22-7-8-22)20-4-9-23(36)25(14-20)50-28(27(37)38)44-18-46-50/h4,9-12,14-15,18,21-22,26-27H,5-8,13,16-17H2,1-3H3,(H2,42,47)(H,43,53)/t26-,33?,34+/m1/s1. The molecule has 19 heteroatoms. The number of rotatable bonds is 12. The summed E-state index contributed by atoms with van der Waals surface area (Å²) in [5.41, 5.74) is 2.16. The van der Waals surface area contributed by atoms with Crippen LogP contribution in [0.5, 0.6) is 0 Å². The van der Waals surface area contributed by atoms with Crippen molar-refractivity contribution < 1.29 is 36.3 Å². The highest BCUT2D eigenvalue weighted by Crippen LogP contribution is 2.55. The van der Waals surface area contributed by atoms with Gasteiger partial charge in [-0.05, 0) is 61.8 Å². The Bertz CT molecular complexity index is 2050. The zero-order valence-electron chi connectivity index (χ0n) is 29.5. The van der Waals surface area contributed by atoms with E-state index in [0.29, 0.717) is 24.1 Å². The Morgan fingerprint density at radius 1 is 1.17 bits per heavy atom. The van der Waals surface area contributed by atoms with Crippen LogP contribution in [0.1, 0.15) is 94.9 Å². The number of nitrogens with zero attached hydrogens (tertiary/aromatic N) is 8. The van der Waals surface area contributed by atoms with Crippen molar-refractivity contribution in [1.29, 1.82) is 0 Å². The number of amides is 2. The van der Waals surface area contributed by atoms with Crippen LogP contribution in [0.4, 0.5) is 26.7 Å². The highest BCUT2D eigenvalue weighted by molar-refractivity contribution is 6.32. The predicted molar refractivity (Wildman–Crippen MR) is 185 cm³/mol. The molecule has 1 aromatic carbocycles. The lowest BCUT2D eigenvalue weighted by Gasteiger charge is -2.46. The second kappa shape index (κ2) is 13.5. The van der Waals surface area contributed by atoms with Gasteiger partial charge in [0.2, 0.25) is 0 Å². The topological polar surface area (TPSA) is 158 Å². The normalized spacial score (nSPS) is 23.8. The second-order valence-electron chi connectivity index (χ2n) is 15.0. The van der Waals surface area contributed by atoms with Crippen LogP contribution >= 0.6 is 11.6 Å². The number of carbonyl (C=O) groups excluding carboxylic acids is 2. The maximum atomic E-state index is 15.1. The number of alkyl carbamates (subject to hydrolysis) is 1. The summed E-state index contributed by atoms with van der Waals surface area (Å²) in [4.78, 5) is 38.9. The van der Waals surface area contributed by atoms with Gasteiger partial charge in [-0.25, -0.2) is 28.2 Å². The van der Waals surface area contributed by atoms with Crippen LogP contribution in [0.25, 0.3) is 11.3 Å². The molecule has 0 saturated heterocycles. The number of benzene rings is 1. The fraction of sp³-hybridized carbons (Fsp3) is 0.514. The summed E-state index contributed by atoms with van der Waals surface area (Å²) in [5.74, 6) is -1.96. The Kier molecular flexibility index (Phi) is 9.33.